The van der Waals surface area contributed by atoms with Gasteiger partial charge in [-0.3, -0.25) is 14.5 Å². The second-order valence-electron chi connectivity index (χ2n) is 8.96. The van der Waals surface area contributed by atoms with Gasteiger partial charge in [-0.25, -0.2) is 0 Å². The van der Waals surface area contributed by atoms with E-state index in [0.29, 0.717) is 11.3 Å². The van der Waals surface area contributed by atoms with Gasteiger partial charge in [0.25, 0.3) is 5.91 Å². The van der Waals surface area contributed by atoms with Crippen molar-refractivity contribution in [2.75, 3.05) is 13.7 Å². The van der Waals surface area contributed by atoms with E-state index >= 15 is 0 Å². The van der Waals surface area contributed by atoms with Gasteiger partial charge in [0, 0.05) is 42.5 Å². The number of pyridine rings is 1. The van der Waals surface area contributed by atoms with Gasteiger partial charge in [0.2, 0.25) is 0 Å². The predicted molar refractivity (Wildman–Crippen MR) is 137 cm³/mol. The second-order valence-corrected chi connectivity index (χ2v) is 8.96. The monoisotopic (exact) mass is 467 g/mol. The maximum atomic E-state index is 13.3. The number of aromatic nitrogens is 3. The molecule has 3 heterocycles. The number of hydrogen-bond donors (Lipinski definition) is 2. The highest BCUT2D eigenvalue weighted by atomic mass is 16.5. The number of methoxy groups -OCH3 is 1. The number of hydrogen-bond acceptors (Lipinski definition) is 5. The molecule has 6 rings (SSSR count). The number of benzene rings is 2. The van der Waals surface area contributed by atoms with Gasteiger partial charge in [-0.1, -0.05) is 12.1 Å². The summed E-state index contributed by atoms with van der Waals surface area (Å²) in [5.41, 5.74) is 5.22. The van der Waals surface area contributed by atoms with Gasteiger partial charge < -0.3 is 15.4 Å². The Kier molecular flexibility index (Phi) is 5.99. The Balaban J connectivity index is 0.000000577. The van der Waals surface area contributed by atoms with E-state index in [9.17, 15) is 4.79 Å². The van der Waals surface area contributed by atoms with E-state index in [1.54, 1.807) is 25.6 Å². The standard InChI is InChI=1S/C25H24N4O2.C3H5N/c1-16-6-7-18(31-3)15-20(16)24(30)28-25(9-10-25)21-13-17(23-8-12-27-29(23)2)14-22-19(21)5-4-11-26-22;1-2-4-3-1/h4-8,11-15H,9-10H2,1-3H3,(H,28,30);1-2,4H,3H2. The van der Waals surface area contributed by atoms with Crippen LogP contribution >= 0.6 is 0 Å². The van der Waals surface area contributed by atoms with Crippen molar-refractivity contribution in [3.05, 3.63) is 89.9 Å². The number of carbonyl (C=O) groups is 1. The van der Waals surface area contributed by atoms with E-state index in [0.717, 1.165) is 52.7 Å². The fourth-order valence-electron chi connectivity index (χ4n) is 4.35. The van der Waals surface area contributed by atoms with Crippen LogP contribution in [0.25, 0.3) is 22.2 Å². The van der Waals surface area contributed by atoms with Crippen LogP contribution in [0, 0.1) is 6.92 Å². The Morgan fingerprint density at radius 1 is 1.14 bits per heavy atom. The lowest BCUT2D eigenvalue weighted by Crippen LogP contribution is -2.35. The van der Waals surface area contributed by atoms with Crippen molar-refractivity contribution in [3.8, 4) is 17.0 Å². The molecular weight excluding hydrogens is 438 g/mol. The third-order valence-corrected chi connectivity index (χ3v) is 6.62. The minimum absolute atomic E-state index is 0.0862. The van der Waals surface area contributed by atoms with Crippen LogP contribution in [0.2, 0.25) is 0 Å². The van der Waals surface area contributed by atoms with E-state index < -0.39 is 5.54 Å². The zero-order chi connectivity index (χ0) is 24.4. The molecule has 0 spiro atoms. The predicted octanol–water partition coefficient (Wildman–Crippen LogP) is 4.47. The normalized spacial score (nSPS) is 14.8. The number of ether oxygens (including phenoxy) is 1. The zero-order valence-corrected chi connectivity index (χ0v) is 20.2. The van der Waals surface area contributed by atoms with Crippen molar-refractivity contribution in [1.82, 2.24) is 25.4 Å². The molecule has 1 fully saturated rings. The molecule has 0 radical (unpaired) electrons. The molecule has 0 atom stereocenters. The Morgan fingerprint density at radius 2 is 1.91 bits per heavy atom. The number of carbonyl (C=O) groups excluding carboxylic acids is 1. The SMILES string of the molecule is C1=CNC1.COc1ccc(C)c(C(=O)NC2(c3cc(-c4ccnn4C)cc4ncccc34)CC2)c1. The van der Waals surface area contributed by atoms with Crippen molar-refractivity contribution in [2.45, 2.75) is 25.3 Å². The van der Waals surface area contributed by atoms with Crippen molar-refractivity contribution in [2.24, 2.45) is 7.05 Å². The van der Waals surface area contributed by atoms with Crippen molar-refractivity contribution in [3.63, 3.8) is 0 Å². The smallest absolute Gasteiger partial charge is 0.252 e. The molecule has 0 bridgehead atoms. The van der Waals surface area contributed by atoms with E-state index in [4.69, 9.17) is 4.74 Å². The lowest BCUT2D eigenvalue weighted by molar-refractivity contribution is 0.0930. The van der Waals surface area contributed by atoms with Crippen molar-refractivity contribution in [1.29, 1.82) is 0 Å². The molecular formula is C28H29N5O2. The average Bonchev–Trinajstić information content (AvgIpc) is 3.47. The van der Waals surface area contributed by atoms with Crippen molar-refractivity contribution < 1.29 is 9.53 Å². The molecule has 35 heavy (non-hydrogen) atoms. The highest BCUT2D eigenvalue weighted by Crippen LogP contribution is 2.49. The van der Waals surface area contributed by atoms with Crippen LogP contribution in [0.3, 0.4) is 0 Å². The molecule has 178 valence electrons. The highest BCUT2D eigenvalue weighted by molar-refractivity contribution is 5.98. The Labute approximate surface area is 204 Å². The quantitative estimate of drug-likeness (QED) is 0.453. The van der Waals surface area contributed by atoms with E-state index in [1.165, 1.54) is 0 Å². The second kappa shape index (κ2) is 9.25. The zero-order valence-electron chi connectivity index (χ0n) is 20.2. The van der Waals surface area contributed by atoms with Crippen LogP contribution in [-0.2, 0) is 12.6 Å². The van der Waals surface area contributed by atoms with Crippen LogP contribution in [-0.4, -0.2) is 34.3 Å². The summed E-state index contributed by atoms with van der Waals surface area (Å²) in [7, 11) is 3.54. The van der Waals surface area contributed by atoms with Gasteiger partial charge in [0.05, 0.1) is 23.9 Å². The van der Waals surface area contributed by atoms with Crippen LogP contribution in [0.5, 0.6) is 5.75 Å². The number of rotatable bonds is 5. The van der Waals surface area contributed by atoms with Gasteiger partial charge >= 0.3 is 0 Å². The molecule has 0 saturated heterocycles. The van der Waals surface area contributed by atoms with Crippen LogP contribution in [0.4, 0.5) is 0 Å². The number of aryl methyl sites for hydroxylation is 2. The number of fused-ring (bicyclic) bond motifs is 1. The first-order valence-corrected chi connectivity index (χ1v) is 11.7. The molecule has 2 aromatic carbocycles. The number of amides is 1. The summed E-state index contributed by atoms with van der Waals surface area (Å²) in [6.45, 7) is 3.01. The number of nitrogens with zero attached hydrogens (tertiary/aromatic N) is 3. The largest absolute Gasteiger partial charge is 0.497 e. The lowest BCUT2D eigenvalue weighted by Gasteiger charge is -2.22. The van der Waals surface area contributed by atoms with E-state index in [-0.39, 0.29) is 5.91 Å². The molecule has 7 nitrogen and oxygen atoms in total. The van der Waals surface area contributed by atoms with Gasteiger partial charge in [-0.05, 0) is 79.6 Å². The van der Waals surface area contributed by atoms with E-state index in [2.05, 4.69) is 45.0 Å². The molecule has 1 saturated carbocycles. The van der Waals surface area contributed by atoms with Crippen molar-refractivity contribution >= 4 is 16.8 Å². The molecule has 1 aliphatic carbocycles. The summed E-state index contributed by atoms with van der Waals surface area (Å²) in [4.78, 5) is 17.9. The maximum absolute atomic E-state index is 13.3. The average molecular weight is 468 g/mol. The maximum Gasteiger partial charge on any atom is 0.252 e. The van der Waals surface area contributed by atoms with Crippen LogP contribution in [0.15, 0.2) is 73.2 Å². The summed E-state index contributed by atoms with van der Waals surface area (Å²) in [6, 6.07) is 15.9. The summed E-state index contributed by atoms with van der Waals surface area (Å²) in [6.07, 6.45) is 9.37. The lowest BCUT2D eigenvalue weighted by atomic mass is 9.94. The minimum Gasteiger partial charge on any atom is -0.497 e. The first kappa shape index (κ1) is 22.7. The Morgan fingerprint density at radius 3 is 2.54 bits per heavy atom. The molecule has 2 N–H and O–H groups in total. The first-order chi connectivity index (χ1) is 17.0. The molecule has 1 aliphatic heterocycles. The van der Waals surface area contributed by atoms with Gasteiger partial charge in [-0.2, -0.15) is 5.10 Å². The minimum atomic E-state index is -0.400. The summed E-state index contributed by atoms with van der Waals surface area (Å²) in [5, 5.41) is 11.6. The summed E-state index contributed by atoms with van der Waals surface area (Å²) >= 11 is 0. The third-order valence-electron chi connectivity index (χ3n) is 6.62. The summed E-state index contributed by atoms with van der Waals surface area (Å²) in [5.74, 6) is 0.588. The summed E-state index contributed by atoms with van der Waals surface area (Å²) < 4.78 is 7.17. The Hall–Kier alpha value is -4.13. The van der Waals surface area contributed by atoms with Gasteiger partial charge in [0.15, 0.2) is 0 Å². The molecule has 2 aromatic heterocycles. The van der Waals surface area contributed by atoms with E-state index in [1.807, 2.05) is 49.1 Å². The Bertz CT molecular complexity index is 1410. The third kappa shape index (κ3) is 4.49. The fourth-order valence-corrected chi connectivity index (χ4v) is 4.35. The van der Waals surface area contributed by atoms with Gasteiger partial charge in [-0.15, -0.1) is 0 Å². The number of nitrogens with one attached hydrogen (secondary N) is 2. The van der Waals surface area contributed by atoms with Crippen LogP contribution in [0.1, 0.15) is 34.3 Å². The topological polar surface area (TPSA) is 81.1 Å². The molecule has 4 aromatic rings. The molecule has 0 unspecified atom stereocenters. The van der Waals surface area contributed by atoms with Crippen LogP contribution < -0.4 is 15.4 Å². The molecule has 1 amide bonds. The fraction of sp³-hybridized carbons (Fsp3) is 0.250. The molecule has 2 aliphatic rings. The molecule has 7 heteroatoms. The first-order valence-electron chi connectivity index (χ1n) is 11.7. The highest BCUT2D eigenvalue weighted by Gasteiger charge is 2.47. The van der Waals surface area contributed by atoms with Gasteiger partial charge in [0.1, 0.15) is 5.75 Å².